The zero-order valence-corrected chi connectivity index (χ0v) is 15.4. The second-order valence-corrected chi connectivity index (χ2v) is 6.92. The standard InChI is InChI=1S/C18H16F2N2O7/c1-18(2,3)29-17(28)6-4-7(19)9(8(20)5-6)10-11(15(24)25)13(21)22-14(23)12(10)16(26)27/h4-5H,1-3H3,(H,24,25)(H,26,27)(H3,21,22,23). The topological polar surface area (TPSA) is 160 Å². The van der Waals surface area contributed by atoms with Gasteiger partial charge >= 0.3 is 17.9 Å². The molecule has 1 aromatic heterocycles. The quantitative estimate of drug-likeness (QED) is 0.558. The van der Waals surface area contributed by atoms with Crippen LogP contribution in [0.15, 0.2) is 16.9 Å². The van der Waals surface area contributed by atoms with Crippen LogP contribution in [0.25, 0.3) is 11.1 Å². The summed E-state index contributed by atoms with van der Waals surface area (Å²) in [4.78, 5) is 48.9. The number of carbonyl (C=O) groups excluding carboxylic acids is 1. The number of pyridine rings is 1. The highest BCUT2D eigenvalue weighted by molar-refractivity contribution is 6.07. The van der Waals surface area contributed by atoms with E-state index in [2.05, 4.69) is 0 Å². The summed E-state index contributed by atoms with van der Waals surface area (Å²) in [5.41, 5.74) is -1.85. The SMILES string of the molecule is CC(C)(C)OC(=O)c1cc(F)c(-c2c(C(=O)O)c(N)[nH]c(=O)c2C(=O)O)c(F)c1. The number of aromatic amines is 1. The van der Waals surface area contributed by atoms with E-state index in [0.29, 0.717) is 12.1 Å². The Morgan fingerprint density at radius 2 is 1.48 bits per heavy atom. The van der Waals surface area contributed by atoms with E-state index in [-0.39, 0.29) is 0 Å². The molecule has 0 spiro atoms. The Balaban J connectivity index is 2.86. The number of aromatic carboxylic acids is 2. The highest BCUT2D eigenvalue weighted by Crippen LogP contribution is 2.34. The van der Waals surface area contributed by atoms with Gasteiger partial charge in [0.25, 0.3) is 5.56 Å². The summed E-state index contributed by atoms with van der Waals surface area (Å²) in [7, 11) is 0. The van der Waals surface area contributed by atoms with Crippen molar-refractivity contribution in [2.75, 3.05) is 5.73 Å². The molecule has 0 aliphatic rings. The minimum Gasteiger partial charge on any atom is -0.478 e. The van der Waals surface area contributed by atoms with E-state index in [1.807, 2.05) is 4.98 Å². The molecule has 0 atom stereocenters. The first kappa shape index (κ1) is 21.5. The zero-order valence-electron chi connectivity index (χ0n) is 15.4. The number of carboxylic acids is 2. The molecule has 0 radical (unpaired) electrons. The van der Waals surface area contributed by atoms with Crippen LogP contribution in [0.1, 0.15) is 51.8 Å². The van der Waals surface area contributed by atoms with E-state index in [4.69, 9.17) is 10.5 Å². The third kappa shape index (κ3) is 4.23. The smallest absolute Gasteiger partial charge is 0.342 e. The van der Waals surface area contributed by atoms with E-state index >= 15 is 0 Å². The molecule has 0 saturated carbocycles. The van der Waals surface area contributed by atoms with Gasteiger partial charge in [0.2, 0.25) is 0 Å². The molecule has 2 aromatic rings. The van der Waals surface area contributed by atoms with E-state index in [1.54, 1.807) is 0 Å². The molecular weight excluding hydrogens is 394 g/mol. The second kappa shape index (κ2) is 7.34. The van der Waals surface area contributed by atoms with Gasteiger partial charge in [-0.3, -0.25) is 4.79 Å². The minimum atomic E-state index is -1.93. The van der Waals surface area contributed by atoms with Crippen molar-refractivity contribution in [2.24, 2.45) is 0 Å². The summed E-state index contributed by atoms with van der Waals surface area (Å²) in [5.74, 6) is -8.59. The van der Waals surface area contributed by atoms with E-state index < -0.39 is 74.3 Å². The molecule has 11 heteroatoms. The number of carboxylic acid groups (broad SMARTS) is 2. The average Bonchev–Trinajstić information content (AvgIpc) is 2.51. The lowest BCUT2D eigenvalue weighted by Gasteiger charge is -2.20. The van der Waals surface area contributed by atoms with Crippen LogP contribution in [0, 0.1) is 11.6 Å². The van der Waals surface area contributed by atoms with Gasteiger partial charge in [-0.05, 0) is 32.9 Å². The van der Waals surface area contributed by atoms with E-state index in [1.165, 1.54) is 20.8 Å². The van der Waals surface area contributed by atoms with Gasteiger partial charge in [0, 0.05) is 5.56 Å². The second-order valence-electron chi connectivity index (χ2n) is 6.92. The Hall–Kier alpha value is -3.76. The number of nitrogen functional groups attached to an aromatic ring is 1. The fourth-order valence-corrected chi connectivity index (χ4v) is 2.56. The first-order valence-electron chi connectivity index (χ1n) is 7.99. The van der Waals surface area contributed by atoms with Gasteiger partial charge in [0.05, 0.1) is 11.1 Å². The minimum absolute atomic E-state index is 0.537. The normalized spacial score (nSPS) is 11.2. The molecule has 29 heavy (non-hydrogen) atoms. The number of nitrogens with one attached hydrogen (secondary N) is 1. The highest BCUT2D eigenvalue weighted by Gasteiger charge is 2.31. The predicted octanol–water partition coefficient (Wildman–Crippen LogP) is 2.25. The summed E-state index contributed by atoms with van der Waals surface area (Å²) in [6.45, 7) is 4.59. The van der Waals surface area contributed by atoms with Crippen molar-refractivity contribution in [3.05, 3.63) is 50.8 Å². The Morgan fingerprint density at radius 3 is 1.90 bits per heavy atom. The number of nitrogens with two attached hydrogens (primary N) is 1. The summed E-state index contributed by atoms with van der Waals surface area (Å²) in [5, 5.41) is 18.6. The van der Waals surface area contributed by atoms with Crippen molar-refractivity contribution < 1.29 is 38.1 Å². The number of benzene rings is 1. The fourth-order valence-electron chi connectivity index (χ4n) is 2.56. The molecule has 0 saturated heterocycles. The molecule has 0 aliphatic heterocycles. The van der Waals surface area contributed by atoms with Crippen LogP contribution in [-0.2, 0) is 4.74 Å². The molecule has 2 rings (SSSR count). The van der Waals surface area contributed by atoms with Crippen LogP contribution in [0.2, 0.25) is 0 Å². The zero-order chi connectivity index (χ0) is 22.3. The number of hydrogen-bond donors (Lipinski definition) is 4. The number of rotatable bonds is 4. The monoisotopic (exact) mass is 410 g/mol. The molecule has 9 nitrogen and oxygen atoms in total. The number of ether oxygens (including phenoxy) is 1. The molecule has 0 aliphatic carbocycles. The summed E-state index contributed by atoms with van der Waals surface area (Å²) in [6, 6.07) is 1.09. The summed E-state index contributed by atoms with van der Waals surface area (Å²) >= 11 is 0. The number of carbonyl (C=O) groups is 3. The Labute approximate surface area is 161 Å². The molecule has 0 fully saturated rings. The first-order chi connectivity index (χ1) is 13.2. The highest BCUT2D eigenvalue weighted by atomic mass is 19.1. The Morgan fingerprint density at radius 1 is 1.00 bits per heavy atom. The molecule has 0 amide bonds. The van der Waals surface area contributed by atoms with Gasteiger partial charge in [0.15, 0.2) is 0 Å². The Bertz CT molecular complexity index is 1080. The fraction of sp³-hybridized carbons (Fsp3) is 0.222. The van der Waals surface area contributed by atoms with Gasteiger partial charge in [-0.15, -0.1) is 0 Å². The van der Waals surface area contributed by atoms with Crippen molar-refractivity contribution >= 4 is 23.7 Å². The van der Waals surface area contributed by atoms with Gasteiger partial charge in [-0.2, -0.15) is 0 Å². The summed E-state index contributed by atoms with van der Waals surface area (Å²) in [6.07, 6.45) is 0. The predicted molar refractivity (Wildman–Crippen MR) is 95.9 cm³/mol. The average molecular weight is 410 g/mol. The molecular formula is C18H16F2N2O7. The maximum atomic E-state index is 14.8. The number of H-pyrrole nitrogens is 1. The maximum absolute atomic E-state index is 14.8. The third-order valence-electron chi connectivity index (χ3n) is 3.60. The van der Waals surface area contributed by atoms with Crippen LogP contribution < -0.4 is 11.3 Å². The molecule has 0 unspecified atom stereocenters. The molecule has 5 N–H and O–H groups in total. The van der Waals surface area contributed by atoms with Crippen LogP contribution in [0.4, 0.5) is 14.6 Å². The molecule has 0 bridgehead atoms. The molecule has 1 heterocycles. The van der Waals surface area contributed by atoms with Crippen molar-refractivity contribution in [3.63, 3.8) is 0 Å². The third-order valence-corrected chi connectivity index (χ3v) is 3.60. The lowest BCUT2D eigenvalue weighted by atomic mass is 9.93. The van der Waals surface area contributed by atoms with E-state index in [9.17, 15) is 38.2 Å². The van der Waals surface area contributed by atoms with Gasteiger partial charge in [-0.25, -0.2) is 23.2 Å². The first-order valence-corrected chi connectivity index (χ1v) is 7.99. The largest absolute Gasteiger partial charge is 0.478 e. The van der Waals surface area contributed by atoms with E-state index in [0.717, 1.165) is 0 Å². The maximum Gasteiger partial charge on any atom is 0.342 e. The number of esters is 1. The Kier molecular flexibility index (Phi) is 5.45. The van der Waals surface area contributed by atoms with Gasteiger partial charge < -0.3 is 25.7 Å². The van der Waals surface area contributed by atoms with Crippen molar-refractivity contribution in [1.82, 2.24) is 4.98 Å². The molecule has 1 aromatic carbocycles. The lowest BCUT2D eigenvalue weighted by molar-refractivity contribution is 0.00680. The van der Waals surface area contributed by atoms with Crippen molar-refractivity contribution in [3.8, 4) is 11.1 Å². The number of hydrogen-bond acceptors (Lipinski definition) is 6. The van der Waals surface area contributed by atoms with Crippen molar-refractivity contribution in [2.45, 2.75) is 26.4 Å². The lowest BCUT2D eigenvalue weighted by Crippen LogP contribution is -2.25. The molecule has 154 valence electrons. The summed E-state index contributed by atoms with van der Waals surface area (Å²) < 4.78 is 34.5. The van der Waals surface area contributed by atoms with Gasteiger partial charge in [-0.1, -0.05) is 0 Å². The van der Waals surface area contributed by atoms with Crippen LogP contribution in [-0.4, -0.2) is 38.7 Å². The number of halogens is 2. The van der Waals surface area contributed by atoms with Gasteiger partial charge in [0.1, 0.15) is 34.2 Å². The van der Waals surface area contributed by atoms with Crippen LogP contribution in [0.3, 0.4) is 0 Å². The van der Waals surface area contributed by atoms with Crippen molar-refractivity contribution in [1.29, 1.82) is 0 Å². The number of aromatic nitrogens is 1. The van der Waals surface area contributed by atoms with Crippen LogP contribution >= 0.6 is 0 Å². The van der Waals surface area contributed by atoms with Crippen LogP contribution in [0.5, 0.6) is 0 Å². The number of anilines is 1.